The van der Waals surface area contributed by atoms with E-state index in [1.807, 2.05) is 27.7 Å². The van der Waals surface area contributed by atoms with Crippen molar-refractivity contribution in [3.05, 3.63) is 0 Å². The first-order valence-corrected chi connectivity index (χ1v) is 6.44. The molecule has 0 fully saturated rings. The molecule has 0 spiro atoms. The van der Waals surface area contributed by atoms with Gasteiger partial charge in [0.25, 0.3) is 0 Å². The number of nitrogens with zero attached hydrogens (tertiary/aromatic N) is 1. The lowest BCUT2D eigenvalue weighted by Crippen LogP contribution is -2.00. The molecular formula is C10H27NOS2. The van der Waals surface area contributed by atoms with E-state index in [2.05, 4.69) is 44.3 Å². The van der Waals surface area contributed by atoms with Gasteiger partial charge >= 0.3 is 0 Å². The highest BCUT2D eigenvalue weighted by Gasteiger charge is 1.88. The van der Waals surface area contributed by atoms with E-state index in [-0.39, 0.29) is 0 Å². The molecule has 0 rings (SSSR count). The fourth-order valence-electron chi connectivity index (χ4n) is 0.113. The van der Waals surface area contributed by atoms with Crippen LogP contribution < -0.4 is 0 Å². The molecule has 2 nitrogen and oxygen atoms in total. The zero-order valence-electron chi connectivity index (χ0n) is 10.4. The summed E-state index contributed by atoms with van der Waals surface area (Å²) in [5.41, 5.74) is 0.590. The second-order valence-corrected chi connectivity index (χ2v) is 2.32. The van der Waals surface area contributed by atoms with Crippen molar-refractivity contribution in [1.29, 1.82) is 0 Å². The van der Waals surface area contributed by atoms with Crippen LogP contribution in [-0.2, 0) is 0 Å². The predicted octanol–water partition coefficient (Wildman–Crippen LogP) is 4.14. The van der Waals surface area contributed by atoms with Crippen LogP contribution in [0.25, 0.3) is 0 Å². The Morgan fingerprint density at radius 2 is 1.21 bits per heavy atom. The van der Waals surface area contributed by atoms with Crippen molar-refractivity contribution < 1.29 is 5.21 Å². The van der Waals surface area contributed by atoms with E-state index in [9.17, 15) is 0 Å². The van der Waals surface area contributed by atoms with E-state index in [0.717, 1.165) is 0 Å². The summed E-state index contributed by atoms with van der Waals surface area (Å²) in [7, 11) is 0. The van der Waals surface area contributed by atoms with Crippen molar-refractivity contribution in [2.75, 3.05) is 11.5 Å². The van der Waals surface area contributed by atoms with Crippen molar-refractivity contribution in [3.8, 4) is 0 Å². The molecule has 90 valence electrons. The van der Waals surface area contributed by atoms with Crippen molar-refractivity contribution in [3.63, 3.8) is 0 Å². The van der Waals surface area contributed by atoms with Crippen LogP contribution in [0.15, 0.2) is 5.16 Å². The molecule has 1 N–H and O–H groups in total. The average Bonchev–Trinajstić information content (AvgIpc) is 2.27. The molecule has 0 aliphatic rings. The number of hydrogen-bond donors (Lipinski definition) is 3. The minimum atomic E-state index is 0.472. The standard InChI is InChI=1S/C3H7NOS2.C3H8.2C2H6/c5-4-3(1-6)2-7;1-3-2;2*1-2/h5-7H,1-2H2;3H2,1-2H3;2*1-2H3. The minimum Gasteiger partial charge on any atom is -0.411 e. The van der Waals surface area contributed by atoms with Crippen LogP contribution in [0.2, 0.25) is 0 Å². The highest BCUT2D eigenvalue weighted by Crippen LogP contribution is 1.83. The molecule has 0 aromatic rings. The lowest BCUT2D eigenvalue weighted by molar-refractivity contribution is 0.318. The molecule has 0 saturated heterocycles. The third-order valence-electron chi connectivity index (χ3n) is 0.506. The Bertz CT molecular complexity index is 82.2. The zero-order chi connectivity index (χ0) is 12.4. The van der Waals surface area contributed by atoms with Gasteiger partial charge < -0.3 is 5.21 Å². The number of rotatable bonds is 2. The predicted molar refractivity (Wildman–Crippen MR) is 75.6 cm³/mol. The maximum atomic E-state index is 8.02. The molecule has 4 heteroatoms. The van der Waals surface area contributed by atoms with Gasteiger partial charge in [0.15, 0.2) is 0 Å². The Morgan fingerprint density at radius 1 is 1.00 bits per heavy atom. The molecule has 0 amide bonds. The van der Waals surface area contributed by atoms with Crippen LogP contribution in [0.5, 0.6) is 0 Å². The van der Waals surface area contributed by atoms with Gasteiger partial charge in [-0.15, -0.1) is 0 Å². The Morgan fingerprint density at radius 3 is 1.21 bits per heavy atom. The molecule has 0 aromatic carbocycles. The highest BCUT2D eigenvalue weighted by atomic mass is 32.1. The van der Waals surface area contributed by atoms with Gasteiger partial charge in [0.2, 0.25) is 0 Å². The Labute approximate surface area is 101 Å². The van der Waals surface area contributed by atoms with Gasteiger partial charge in [0, 0.05) is 11.5 Å². The fourth-order valence-corrected chi connectivity index (χ4v) is 0.640. The Balaban J connectivity index is -0.0000000603. The number of thiol groups is 2. The Hall–Kier alpha value is 0.170. The largest absolute Gasteiger partial charge is 0.411 e. The summed E-state index contributed by atoms with van der Waals surface area (Å²) >= 11 is 7.67. The third-order valence-corrected chi connectivity index (χ3v) is 1.24. The van der Waals surface area contributed by atoms with Gasteiger partial charge in [-0.2, -0.15) is 25.3 Å². The van der Waals surface area contributed by atoms with Crippen LogP contribution in [0.3, 0.4) is 0 Å². The summed E-state index contributed by atoms with van der Waals surface area (Å²) in [6.45, 7) is 12.2. The van der Waals surface area contributed by atoms with Crippen molar-refractivity contribution in [2.45, 2.75) is 48.0 Å². The van der Waals surface area contributed by atoms with Gasteiger partial charge in [-0.1, -0.05) is 53.1 Å². The van der Waals surface area contributed by atoms with Gasteiger partial charge in [0.05, 0.1) is 5.71 Å². The van der Waals surface area contributed by atoms with E-state index >= 15 is 0 Å². The molecule has 0 atom stereocenters. The minimum absolute atomic E-state index is 0.472. The van der Waals surface area contributed by atoms with E-state index in [1.165, 1.54) is 6.42 Å². The molecule has 0 unspecified atom stereocenters. The topological polar surface area (TPSA) is 32.6 Å². The van der Waals surface area contributed by atoms with E-state index in [0.29, 0.717) is 17.2 Å². The second-order valence-electron chi connectivity index (χ2n) is 1.69. The molecule has 0 radical (unpaired) electrons. The Kier molecular flexibility index (Phi) is 64.4. The molecule has 0 heterocycles. The summed E-state index contributed by atoms with van der Waals surface area (Å²) in [5, 5.41) is 10.9. The zero-order valence-corrected chi connectivity index (χ0v) is 12.2. The lowest BCUT2D eigenvalue weighted by Gasteiger charge is -1.88. The van der Waals surface area contributed by atoms with E-state index in [4.69, 9.17) is 5.21 Å². The molecular weight excluding hydrogens is 214 g/mol. The molecule has 14 heavy (non-hydrogen) atoms. The first-order valence-electron chi connectivity index (χ1n) is 5.18. The molecule has 0 aliphatic carbocycles. The van der Waals surface area contributed by atoms with Crippen molar-refractivity contribution in [2.24, 2.45) is 5.16 Å². The normalized spacial score (nSPS) is 6.29. The lowest BCUT2D eigenvalue weighted by atomic mass is 10.5. The van der Waals surface area contributed by atoms with Gasteiger partial charge in [-0.3, -0.25) is 0 Å². The van der Waals surface area contributed by atoms with Crippen LogP contribution >= 0.6 is 25.3 Å². The van der Waals surface area contributed by atoms with Crippen LogP contribution in [0, 0.1) is 0 Å². The number of hydrogen-bond acceptors (Lipinski definition) is 4. The SMILES string of the molecule is CC.CC.CCC.ON=C(CS)CS. The summed E-state index contributed by atoms with van der Waals surface area (Å²) in [5.74, 6) is 0.944. The van der Waals surface area contributed by atoms with Gasteiger partial charge in [0.1, 0.15) is 0 Å². The first-order chi connectivity index (χ1) is 6.76. The summed E-state index contributed by atoms with van der Waals surface area (Å²) in [6, 6.07) is 0. The van der Waals surface area contributed by atoms with Gasteiger partial charge in [-0.05, 0) is 0 Å². The summed E-state index contributed by atoms with van der Waals surface area (Å²) in [6.07, 6.45) is 1.25. The van der Waals surface area contributed by atoms with Crippen LogP contribution in [-0.4, -0.2) is 22.4 Å². The molecule has 0 bridgehead atoms. The monoisotopic (exact) mass is 241 g/mol. The summed E-state index contributed by atoms with van der Waals surface area (Å²) < 4.78 is 0. The molecule has 0 saturated carbocycles. The smallest absolute Gasteiger partial charge is 0.0762 e. The summed E-state index contributed by atoms with van der Waals surface area (Å²) in [4.78, 5) is 0. The highest BCUT2D eigenvalue weighted by molar-refractivity contribution is 7.82. The maximum absolute atomic E-state index is 8.02. The van der Waals surface area contributed by atoms with E-state index in [1.54, 1.807) is 0 Å². The van der Waals surface area contributed by atoms with Crippen molar-refractivity contribution in [1.82, 2.24) is 0 Å². The third kappa shape index (κ3) is 39.9. The first kappa shape index (κ1) is 23.8. The second kappa shape index (κ2) is 37.9. The quantitative estimate of drug-likeness (QED) is 0.289. The maximum Gasteiger partial charge on any atom is 0.0762 e. The number of oxime groups is 1. The molecule has 0 aromatic heterocycles. The van der Waals surface area contributed by atoms with E-state index < -0.39 is 0 Å². The van der Waals surface area contributed by atoms with Crippen molar-refractivity contribution >= 4 is 31.0 Å². The van der Waals surface area contributed by atoms with Gasteiger partial charge in [-0.25, -0.2) is 0 Å². The molecule has 0 aliphatic heterocycles. The van der Waals surface area contributed by atoms with Crippen LogP contribution in [0.4, 0.5) is 0 Å². The van der Waals surface area contributed by atoms with Crippen LogP contribution in [0.1, 0.15) is 48.0 Å². The average molecular weight is 241 g/mol. The fraction of sp³-hybridized carbons (Fsp3) is 0.900.